The molecule has 0 saturated heterocycles. The van der Waals surface area contributed by atoms with E-state index in [1.165, 1.54) is 12.5 Å². The molecule has 0 aromatic heterocycles. The summed E-state index contributed by atoms with van der Waals surface area (Å²) in [4.78, 5) is 34.6. The standard InChI is InChI=1S/C21H23NO5/c1-14(2)17-6-8-18(9-7-17)22-21(25)15(3)27-20(24)13-26-19-10-4-16(12-23)5-11-19/h4-12,14-15H,13H2,1-3H3,(H,22,25). The number of hydrogen-bond donors (Lipinski definition) is 1. The van der Waals surface area contributed by atoms with Crippen LogP contribution in [-0.2, 0) is 14.3 Å². The highest BCUT2D eigenvalue weighted by Gasteiger charge is 2.18. The van der Waals surface area contributed by atoms with Crippen LogP contribution in [0.25, 0.3) is 0 Å². The predicted molar refractivity (Wildman–Crippen MR) is 102 cm³/mol. The fourth-order valence-electron chi connectivity index (χ4n) is 2.26. The van der Waals surface area contributed by atoms with E-state index < -0.39 is 18.0 Å². The molecule has 0 aliphatic carbocycles. The number of rotatable bonds is 8. The Kier molecular flexibility index (Phi) is 7.11. The second kappa shape index (κ2) is 9.52. The third-order valence-corrected chi connectivity index (χ3v) is 3.90. The van der Waals surface area contributed by atoms with Crippen molar-refractivity contribution < 1.29 is 23.9 Å². The minimum absolute atomic E-state index is 0.332. The van der Waals surface area contributed by atoms with Crippen molar-refractivity contribution in [2.24, 2.45) is 0 Å². The average molecular weight is 369 g/mol. The van der Waals surface area contributed by atoms with Crippen LogP contribution in [0.1, 0.15) is 42.6 Å². The van der Waals surface area contributed by atoms with Crippen molar-refractivity contribution >= 4 is 23.9 Å². The third-order valence-electron chi connectivity index (χ3n) is 3.90. The Morgan fingerprint density at radius 1 is 1.00 bits per heavy atom. The Labute approximate surface area is 158 Å². The quantitative estimate of drug-likeness (QED) is 0.568. The number of anilines is 1. The molecular weight excluding hydrogens is 346 g/mol. The minimum atomic E-state index is -0.955. The highest BCUT2D eigenvalue weighted by atomic mass is 16.6. The predicted octanol–water partition coefficient (Wildman–Crippen LogP) is 3.57. The molecule has 1 unspecified atom stereocenters. The molecule has 1 atom stereocenters. The molecule has 0 spiro atoms. The van der Waals surface area contributed by atoms with E-state index in [1.807, 2.05) is 24.3 Å². The van der Waals surface area contributed by atoms with Gasteiger partial charge in [0.15, 0.2) is 12.7 Å². The van der Waals surface area contributed by atoms with Crippen LogP contribution in [-0.4, -0.2) is 30.9 Å². The molecule has 0 radical (unpaired) electrons. The van der Waals surface area contributed by atoms with Crippen molar-refractivity contribution in [2.45, 2.75) is 32.8 Å². The molecule has 0 heterocycles. The summed E-state index contributed by atoms with van der Waals surface area (Å²) in [6.07, 6.45) is -0.238. The normalized spacial score (nSPS) is 11.6. The zero-order chi connectivity index (χ0) is 19.8. The van der Waals surface area contributed by atoms with Crippen LogP contribution in [0.5, 0.6) is 5.75 Å². The summed E-state index contributed by atoms with van der Waals surface area (Å²) in [5.41, 5.74) is 2.32. The highest BCUT2D eigenvalue weighted by molar-refractivity contribution is 5.95. The van der Waals surface area contributed by atoms with Gasteiger partial charge in [0.2, 0.25) is 0 Å². The molecule has 1 N–H and O–H groups in total. The van der Waals surface area contributed by atoms with Gasteiger partial charge in [0.05, 0.1) is 0 Å². The van der Waals surface area contributed by atoms with Crippen LogP contribution in [0.4, 0.5) is 5.69 Å². The van der Waals surface area contributed by atoms with Crippen LogP contribution >= 0.6 is 0 Å². The number of aldehydes is 1. The number of benzene rings is 2. The van der Waals surface area contributed by atoms with Crippen molar-refractivity contribution in [1.29, 1.82) is 0 Å². The number of esters is 1. The maximum absolute atomic E-state index is 12.1. The number of carbonyl (C=O) groups excluding carboxylic acids is 3. The van der Waals surface area contributed by atoms with Crippen LogP contribution in [0.15, 0.2) is 48.5 Å². The lowest BCUT2D eigenvalue weighted by atomic mass is 10.0. The highest BCUT2D eigenvalue weighted by Crippen LogP contribution is 2.17. The molecule has 0 aliphatic heterocycles. The Bertz CT molecular complexity index is 781. The fraction of sp³-hybridized carbons (Fsp3) is 0.286. The summed E-state index contributed by atoms with van der Waals surface area (Å²) in [6.45, 7) is 5.34. The van der Waals surface area contributed by atoms with Gasteiger partial charge in [0, 0.05) is 11.3 Å². The zero-order valence-electron chi connectivity index (χ0n) is 15.6. The van der Waals surface area contributed by atoms with Gasteiger partial charge in [-0.1, -0.05) is 26.0 Å². The molecule has 2 aromatic carbocycles. The van der Waals surface area contributed by atoms with Gasteiger partial charge in [0.1, 0.15) is 12.0 Å². The number of nitrogens with one attached hydrogen (secondary N) is 1. The lowest BCUT2D eigenvalue weighted by molar-refractivity contribution is -0.155. The van der Waals surface area contributed by atoms with E-state index in [-0.39, 0.29) is 6.61 Å². The van der Waals surface area contributed by atoms with E-state index in [0.29, 0.717) is 29.2 Å². The van der Waals surface area contributed by atoms with Crippen molar-refractivity contribution in [3.8, 4) is 5.75 Å². The summed E-state index contributed by atoms with van der Waals surface area (Å²) in [7, 11) is 0. The van der Waals surface area contributed by atoms with Crippen LogP contribution < -0.4 is 10.1 Å². The van der Waals surface area contributed by atoms with E-state index in [9.17, 15) is 14.4 Å². The summed E-state index contributed by atoms with van der Waals surface area (Å²) in [5, 5.41) is 2.71. The molecular formula is C21H23NO5. The number of ether oxygens (including phenoxy) is 2. The zero-order valence-corrected chi connectivity index (χ0v) is 15.6. The van der Waals surface area contributed by atoms with Crippen molar-refractivity contribution in [3.63, 3.8) is 0 Å². The Morgan fingerprint density at radius 2 is 1.63 bits per heavy atom. The molecule has 0 aliphatic rings. The van der Waals surface area contributed by atoms with E-state index in [4.69, 9.17) is 9.47 Å². The molecule has 0 saturated carbocycles. The maximum Gasteiger partial charge on any atom is 0.344 e. The van der Waals surface area contributed by atoms with Crippen LogP contribution in [0.2, 0.25) is 0 Å². The summed E-state index contributed by atoms with van der Waals surface area (Å²) >= 11 is 0. The van der Waals surface area contributed by atoms with Gasteiger partial charge >= 0.3 is 5.97 Å². The first-order valence-corrected chi connectivity index (χ1v) is 8.67. The second-order valence-electron chi connectivity index (χ2n) is 6.37. The van der Waals surface area contributed by atoms with E-state index in [2.05, 4.69) is 19.2 Å². The Balaban J connectivity index is 1.80. The monoisotopic (exact) mass is 369 g/mol. The fourth-order valence-corrected chi connectivity index (χ4v) is 2.26. The summed E-state index contributed by atoms with van der Waals surface area (Å²) in [5.74, 6) is -0.243. The molecule has 6 nitrogen and oxygen atoms in total. The van der Waals surface area contributed by atoms with Gasteiger partial charge < -0.3 is 14.8 Å². The first-order chi connectivity index (χ1) is 12.9. The number of hydrogen-bond acceptors (Lipinski definition) is 5. The molecule has 142 valence electrons. The second-order valence-corrected chi connectivity index (χ2v) is 6.37. The third kappa shape index (κ3) is 6.26. The van der Waals surface area contributed by atoms with E-state index in [0.717, 1.165) is 0 Å². The summed E-state index contributed by atoms with van der Waals surface area (Å²) < 4.78 is 10.4. The van der Waals surface area contributed by atoms with Gasteiger partial charge in [-0.15, -0.1) is 0 Å². The number of carbonyl (C=O) groups is 3. The van der Waals surface area contributed by atoms with Crippen molar-refractivity contribution in [1.82, 2.24) is 0 Å². The van der Waals surface area contributed by atoms with Gasteiger partial charge in [-0.05, 0) is 54.8 Å². The van der Waals surface area contributed by atoms with Crippen molar-refractivity contribution in [3.05, 3.63) is 59.7 Å². The smallest absolute Gasteiger partial charge is 0.344 e. The largest absolute Gasteiger partial charge is 0.482 e. The van der Waals surface area contributed by atoms with Crippen LogP contribution in [0.3, 0.4) is 0 Å². The topological polar surface area (TPSA) is 81.7 Å². The van der Waals surface area contributed by atoms with Gasteiger partial charge in [-0.2, -0.15) is 0 Å². The first-order valence-electron chi connectivity index (χ1n) is 8.67. The Morgan fingerprint density at radius 3 is 2.19 bits per heavy atom. The molecule has 2 rings (SSSR count). The van der Waals surface area contributed by atoms with E-state index in [1.54, 1.807) is 24.3 Å². The van der Waals surface area contributed by atoms with Gasteiger partial charge in [-0.3, -0.25) is 9.59 Å². The molecule has 2 aromatic rings. The first kappa shape index (κ1) is 20.2. The van der Waals surface area contributed by atoms with Gasteiger partial charge in [-0.25, -0.2) is 4.79 Å². The molecule has 27 heavy (non-hydrogen) atoms. The minimum Gasteiger partial charge on any atom is -0.482 e. The SMILES string of the molecule is CC(OC(=O)COc1ccc(C=O)cc1)C(=O)Nc1ccc(C(C)C)cc1. The lowest BCUT2D eigenvalue weighted by Crippen LogP contribution is -2.31. The number of amides is 1. The van der Waals surface area contributed by atoms with Crippen molar-refractivity contribution in [2.75, 3.05) is 11.9 Å². The lowest BCUT2D eigenvalue weighted by Gasteiger charge is -2.14. The van der Waals surface area contributed by atoms with Crippen LogP contribution in [0, 0.1) is 0 Å². The van der Waals surface area contributed by atoms with E-state index >= 15 is 0 Å². The van der Waals surface area contributed by atoms with Gasteiger partial charge in [0.25, 0.3) is 5.91 Å². The molecule has 6 heteroatoms. The average Bonchev–Trinajstić information content (AvgIpc) is 2.67. The summed E-state index contributed by atoms with van der Waals surface area (Å²) in [6, 6.07) is 13.8. The Hall–Kier alpha value is -3.15. The molecule has 0 bridgehead atoms. The maximum atomic E-state index is 12.1. The molecule has 0 fully saturated rings. The molecule has 1 amide bonds.